The molecule has 0 saturated carbocycles. The summed E-state index contributed by atoms with van der Waals surface area (Å²) in [6.45, 7) is 2.78. The van der Waals surface area contributed by atoms with Crippen LogP contribution in [0.5, 0.6) is 0 Å². The Morgan fingerprint density at radius 2 is 1.93 bits per heavy atom. The average molecular weight is 225 g/mol. The van der Waals surface area contributed by atoms with Gasteiger partial charge in [0, 0.05) is 13.2 Å². The fraction of sp³-hybridized carbons (Fsp3) is 1.00. The lowest BCUT2D eigenvalue weighted by Gasteiger charge is -2.07. The summed E-state index contributed by atoms with van der Waals surface area (Å²) in [6.07, 6.45) is 0. The van der Waals surface area contributed by atoms with Crippen LogP contribution in [0, 0.1) is 0 Å². The molecule has 0 amide bonds. The molecule has 0 bridgehead atoms. The molecule has 14 heavy (non-hydrogen) atoms. The van der Waals surface area contributed by atoms with Crippen molar-refractivity contribution >= 4 is 9.84 Å². The van der Waals surface area contributed by atoms with Crippen LogP contribution in [0.3, 0.4) is 0 Å². The molecule has 0 aliphatic heterocycles. The quantitative estimate of drug-likeness (QED) is 0.559. The third kappa shape index (κ3) is 8.43. The molecule has 0 heterocycles. The Morgan fingerprint density at radius 3 is 2.43 bits per heavy atom. The van der Waals surface area contributed by atoms with E-state index < -0.39 is 9.84 Å². The molecule has 0 fully saturated rings. The second kappa shape index (κ2) is 7.17. The molecule has 0 aromatic rings. The predicted octanol–water partition coefficient (Wildman–Crippen LogP) is -0.589. The van der Waals surface area contributed by atoms with E-state index in [0.29, 0.717) is 13.2 Å². The van der Waals surface area contributed by atoms with Crippen molar-refractivity contribution in [3.05, 3.63) is 0 Å². The molecule has 0 aromatic carbocycles. The van der Waals surface area contributed by atoms with Crippen LogP contribution in [0.4, 0.5) is 0 Å². The van der Waals surface area contributed by atoms with Gasteiger partial charge in [-0.1, -0.05) is 0 Å². The van der Waals surface area contributed by atoms with Gasteiger partial charge in [0.1, 0.15) is 0 Å². The van der Waals surface area contributed by atoms with Crippen molar-refractivity contribution in [2.45, 2.75) is 13.0 Å². The molecular formula is C8H19NO4S. The van der Waals surface area contributed by atoms with Gasteiger partial charge < -0.3 is 15.2 Å². The summed E-state index contributed by atoms with van der Waals surface area (Å²) in [6, 6.07) is -0.320. The van der Waals surface area contributed by atoms with Crippen molar-refractivity contribution in [1.29, 1.82) is 0 Å². The van der Waals surface area contributed by atoms with E-state index in [2.05, 4.69) is 0 Å². The molecule has 5 nitrogen and oxygen atoms in total. The molecule has 0 aliphatic rings. The first-order valence-corrected chi connectivity index (χ1v) is 6.33. The minimum atomic E-state index is -3.06. The third-order valence-corrected chi connectivity index (χ3v) is 3.31. The molecule has 0 spiro atoms. The van der Waals surface area contributed by atoms with E-state index in [1.165, 1.54) is 0 Å². The van der Waals surface area contributed by atoms with Crippen molar-refractivity contribution in [3.63, 3.8) is 0 Å². The Hall–Kier alpha value is -0.170. The van der Waals surface area contributed by atoms with Gasteiger partial charge in [-0.15, -0.1) is 0 Å². The van der Waals surface area contributed by atoms with Gasteiger partial charge in [0.15, 0.2) is 9.84 Å². The van der Waals surface area contributed by atoms with E-state index in [1.54, 1.807) is 14.0 Å². The number of hydrogen-bond donors (Lipinski definition) is 1. The van der Waals surface area contributed by atoms with Gasteiger partial charge in [-0.2, -0.15) is 0 Å². The molecule has 0 saturated heterocycles. The van der Waals surface area contributed by atoms with Crippen LogP contribution in [0.2, 0.25) is 0 Å². The van der Waals surface area contributed by atoms with Crippen LogP contribution < -0.4 is 5.73 Å². The van der Waals surface area contributed by atoms with Crippen LogP contribution in [-0.2, 0) is 19.3 Å². The van der Waals surface area contributed by atoms with Crippen LogP contribution in [-0.4, -0.2) is 52.9 Å². The first-order valence-electron chi connectivity index (χ1n) is 4.50. The lowest BCUT2D eigenvalue weighted by atomic mass is 10.4. The summed E-state index contributed by atoms with van der Waals surface area (Å²) in [5.41, 5.74) is 5.39. The molecule has 1 atom stereocenters. The molecule has 0 aromatic heterocycles. The second-order valence-corrected chi connectivity index (χ2v) is 5.43. The molecule has 6 heteroatoms. The first kappa shape index (κ1) is 13.8. The second-order valence-electron chi connectivity index (χ2n) is 3.20. The van der Waals surface area contributed by atoms with Crippen LogP contribution in [0.25, 0.3) is 0 Å². The van der Waals surface area contributed by atoms with Crippen LogP contribution in [0.15, 0.2) is 0 Å². The third-order valence-electron chi connectivity index (χ3n) is 1.49. The molecule has 2 N–H and O–H groups in total. The summed E-state index contributed by atoms with van der Waals surface area (Å²) in [5.74, 6) is 0.0406. The summed E-state index contributed by atoms with van der Waals surface area (Å²) in [5, 5.41) is 0. The fourth-order valence-corrected chi connectivity index (χ4v) is 2.25. The highest BCUT2D eigenvalue weighted by atomic mass is 32.2. The summed E-state index contributed by atoms with van der Waals surface area (Å²) in [7, 11) is -1.49. The fourth-order valence-electron chi connectivity index (χ4n) is 0.914. The van der Waals surface area contributed by atoms with E-state index in [9.17, 15) is 8.42 Å². The number of ether oxygens (including phenoxy) is 2. The highest BCUT2D eigenvalue weighted by Crippen LogP contribution is 1.93. The van der Waals surface area contributed by atoms with E-state index >= 15 is 0 Å². The maximum atomic E-state index is 11.3. The summed E-state index contributed by atoms with van der Waals surface area (Å²) in [4.78, 5) is 0. The smallest absolute Gasteiger partial charge is 0.154 e. The normalized spacial score (nSPS) is 14.2. The highest BCUT2D eigenvalue weighted by molar-refractivity contribution is 7.91. The summed E-state index contributed by atoms with van der Waals surface area (Å²) >= 11 is 0. The van der Waals surface area contributed by atoms with Crippen molar-refractivity contribution in [2.75, 3.05) is 38.4 Å². The van der Waals surface area contributed by atoms with Crippen molar-refractivity contribution in [1.82, 2.24) is 0 Å². The SMILES string of the molecule is COCCOCCS(=O)(=O)CC(C)N. The Labute approximate surface area is 85.5 Å². The Morgan fingerprint density at radius 1 is 1.29 bits per heavy atom. The molecular weight excluding hydrogens is 206 g/mol. The predicted molar refractivity (Wildman–Crippen MR) is 55.0 cm³/mol. The standard InChI is InChI=1S/C8H19NO4S/c1-8(9)7-14(10,11)6-5-13-4-3-12-2/h8H,3-7,9H2,1-2H3. The lowest BCUT2D eigenvalue weighted by Crippen LogP contribution is -2.29. The van der Waals surface area contributed by atoms with E-state index in [0.717, 1.165) is 0 Å². The lowest BCUT2D eigenvalue weighted by molar-refractivity contribution is 0.0785. The van der Waals surface area contributed by atoms with E-state index in [1.807, 2.05) is 0 Å². The minimum absolute atomic E-state index is 0.0145. The number of hydrogen-bond acceptors (Lipinski definition) is 5. The number of rotatable bonds is 8. The van der Waals surface area contributed by atoms with E-state index in [4.69, 9.17) is 15.2 Å². The molecule has 0 rings (SSSR count). The Bertz CT molecular complexity index is 225. The molecule has 1 unspecified atom stereocenters. The largest absolute Gasteiger partial charge is 0.382 e. The molecule has 0 radical (unpaired) electrons. The van der Waals surface area contributed by atoms with Crippen LogP contribution in [0.1, 0.15) is 6.92 Å². The Kier molecular flexibility index (Phi) is 7.08. The summed E-state index contributed by atoms with van der Waals surface area (Å²) < 4.78 is 32.4. The average Bonchev–Trinajstić information content (AvgIpc) is 2.01. The molecule has 86 valence electrons. The zero-order valence-electron chi connectivity index (χ0n) is 8.73. The van der Waals surface area contributed by atoms with Crippen molar-refractivity contribution in [3.8, 4) is 0 Å². The zero-order chi connectivity index (χ0) is 11.0. The van der Waals surface area contributed by atoms with Gasteiger partial charge in [0.2, 0.25) is 0 Å². The van der Waals surface area contributed by atoms with Crippen molar-refractivity contribution < 1.29 is 17.9 Å². The number of sulfone groups is 1. The maximum Gasteiger partial charge on any atom is 0.154 e. The van der Waals surface area contributed by atoms with Gasteiger partial charge in [0.25, 0.3) is 0 Å². The number of methoxy groups -OCH3 is 1. The minimum Gasteiger partial charge on any atom is -0.382 e. The monoisotopic (exact) mass is 225 g/mol. The van der Waals surface area contributed by atoms with Gasteiger partial charge in [-0.3, -0.25) is 0 Å². The first-order chi connectivity index (χ1) is 6.48. The zero-order valence-corrected chi connectivity index (χ0v) is 9.55. The van der Waals surface area contributed by atoms with Crippen LogP contribution >= 0.6 is 0 Å². The van der Waals surface area contributed by atoms with Gasteiger partial charge in [-0.25, -0.2) is 8.42 Å². The number of nitrogens with two attached hydrogens (primary N) is 1. The van der Waals surface area contributed by atoms with Gasteiger partial charge >= 0.3 is 0 Å². The van der Waals surface area contributed by atoms with Gasteiger partial charge in [0.05, 0.1) is 31.3 Å². The van der Waals surface area contributed by atoms with Crippen molar-refractivity contribution in [2.24, 2.45) is 5.73 Å². The molecule has 0 aliphatic carbocycles. The van der Waals surface area contributed by atoms with E-state index in [-0.39, 0.29) is 24.2 Å². The Balaban J connectivity index is 3.56. The maximum absolute atomic E-state index is 11.3. The topological polar surface area (TPSA) is 78.6 Å². The highest BCUT2D eigenvalue weighted by Gasteiger charge is 2.12. The van der Waals surface area contributed by atoms with Gasteiger partial charge in [-0.05, 0) is 6.92 Å².